The largest absolute Gasteiger partial charge is 0.385 e. The number of benzene rings is 1. The molecule has 1 aliphatic rings. The zero-order valence-corrected chi connectivity index (χ0v) is 12.2. The van der Waals surface area contributed by atoms with Gasteiger partial charge >= 0.3 is 0 Å². The first-order valence-corrected chi connectivity index (χ1v) is 7.44. The van der Waals surface area contributed by atoms with E-state index in [1.807, 2.05) is 12.4 Å². The molecule has 1 aromatic heterocycles. The molecule has 0 spiro atoms. The van der Waals surface area contributed by atoms with Crippen LogP contribution in [0.4, 0.5) is 5.69 Å². The number of pyridine rings is 1. The Labute approximate surface area is 120 Å². The van der Waals surface area contributed by atoms with Gasteiger partial charge < -0.3 is 10.1 Å². The van der Waals surface area contributed by atoms with Gasteiger partial charge in [-0.25, -0.2) is 0 Å². The summed E-state index contributed by atoms with van der Waals surface area (Å²) in [7, 11) is 0. The minimum absolute atomic E-state index is 0.383. The van der Waals surface area contributed by atoms with Gasteiger partial charge in [0.05, 0.1) is 12.2 Å². The van der Waals surface area contributed by atoms with E-state index < -0.39 is 0 Å². The second-order valence-corrected chi connectivity index (χ2v) is 5.91. The Morgan fingerprint density at radius 2 is 1.95 bits per heavy atom. The number of rotatable bonds is 3. The number of fused-ring (bicyclic) bond motifs is 1. The smallest absolute Gasteiger partial charge is 0.0553 e. The van der Waals surface area contributed by atoms with Crippen LogP contribution in [-0.2, 0) is 4.74 Å². The molecule has 0 radical (unpaired) electrons. The molecule has 2 heterocycles. The van der Waals surface area contributed by atoms with Gasteiger partial charge in [-0.15, -0.1) is 0 Å². The highest BCUT2D eigenvalue weighted by molar-refractivity contribution is 5.84. The Hall–Kier alpha value is -1.61. The van der Waals surface area contributed by atoms with E-state index in [0.717, 1.165) is 19.4 Å². The number of hydrogen-bond donors (Lipinski definition) is 1. The summed E-state index contributed by atoms with van der Waals surface area (Å²) in [5.41, 5.74) is 1.19. The van der Waals surface area contributed by atoms with Crippen LogP contribution < -0.4 is 5.32 Å². The molecule has 0 saturated carbocycles. The summed E-state index contributed by atoms with van der Waals surface area (Å²) in [6.45, 7) is 5.37. The van der Waals surface area contributed by atoms with Gasteiger partial charge in [-0.3, -0.25) is 4.98 Å². The van der Waals surface area contributed by atoms with E-state index in [1.54, 1.807) is 0 Å². The number of hydrogen-bond acceptors (Lipinski definition) is 3. The highest BCUT2D eigenvalue weighted by Gasteiger charge is 2.23. The summed E-state index contributed by atoms with van der Waals surface area (Å²) < 4.78 is 5.79. The fourth-order valence-electron chi connectivity index (χ4n) is 3.16. The van der Waals surface area contributed by atoms with Crippen molar-refractivity contribution in [3.8, 4) is 0 Å². The van der Waals surface area contributed by atoms with Crippen LogP contribution in [0.3, 0.4) is 0 Å². The van der Waals surface area contributed by atoms with Crippen molar-refractivity contribution in [3.05, 3.63) is 36.7 Å². The Balaban J connectivity index is 1.64. The molecule has 20 heavy (non-hydrogen) atoms. The van der Waals surface area contributed by atoms with Crippen molar-refractivity contribution < 1.29 is 4.74 Å². The lowest BCUT2D eigenvalue weighted by atomic mass is 9.92. The van der Waals surface area contributed by atoms with E-state index in [2.05, 4.69) is 48.4 Å². The van der Waals surface area contributed by atoms with Crippen LogP contribution in [0.5, 0.6) is 0 Å². The molecule has 1 saturated heterocycles. The van der Waals surface area contributed by atoms with Crippen molar-refractivity contribution in [2.24, 2.45) is 5.92 Å². The van der Waals surface area contributed by atoms with Crippen molar-refractivity contribution >= 4 is 16.5 Å². The summed E-state index contributed by atoms with van der Waals surface area (Å²) in [4.78, 5) is 4.14. The zero-order valence-electron chi connectivity index (χ0n) is 12.2. The molecule has 1 aromatic carbocycles. The highest BCUT2D eigenvalue weighted by atomic mass is 16.5. The predicted octanol–water partition coefficient (Wildman–Crippen LogP) is 3.85. The maximum Gasteiger partial charge on any atom is 0.0553 e. The maximum atomic E-state index is 5.79. The van der Waals surface area contributed by atoms with Crippen molar-refractivity contribution in [3.63, 3.8) is 0 Å². The van der Waals surface area contributed by atoms with Gasteiger partial charge in [0.25, 0.3) is 0 Å². The number of aromatic nitrogens is 1. The van der Waals surface area contributed by atoms with Crippen LogP contribution in [0.1, 0.15) is 26.7 Å². The summed E-state index contributed by atoms with van der Waals surface area (Å²) in [5, 5.41) is 5.99. The van der Waals surface area contributed by atoms with Crippen LogP contribution in [0.2, 0.25) is 0 Å². The molecule has 1 unspecified atom stereocenters. The van der Waals surface area contributed by atoms with E-state index in [1.165, 1.54) is 16.5 Å². The first-order valence-electron chi connectivity index (χ1n) is 7.44. The second-order valence-electron chi connectivity index (χ2n) is 5.91. The van der Waals surface area contributed by atoms with Crippen molar-refractivity contribution in [2.45, 2.75) is 38.9 Å². The minimum Gasteiger partial charge on any atom is -0.385 e. The second kappa shape index (κ2) is 5.80. The Morgan fingerprint density at radius 3 is 2.75 bits per heavy atom. The zero-order chi connectivity index (χ0) is 13.9. The van der Waals surface area contributed by atoms with E-state index in [4.69, 9.17) is 4.74 Å². The Morgan fingerprint density at radius 1 is 1.15 bits per heavy atom. The SMILES string of the molecule is C[C@@H]1CC(CNc2ccc3cnccc3c2)C[C@H](C)O1. The Kier molecular flexibility index (Phi) is 3.88. The molecule has 0 amide bonds. The lowest BCUT2D eigenvalue weighted by molar-refractivity contribution is -0.0495. The topological polar surface area (TPSA) is 34.2 Å². The molecule has 3 nitrogen and oxygen atoms in total. The normalized spacial score (nSPS) is 26.6. The molecule has 3 atom stereocenters. The van der Waals surface area contributed by atoms with E-state index in [9.17, 15) is 0 Å². The molecule has 0 aliphatic carbocycles. The third-order valence-corrected chi connectivity index (χ3v) is 4.03. The monoisotopic (exact) mass is 270 g/mol. The van der Waals surface area contributed by atoms with E-state index >= 15 is 0 Å². The lowest BCUT2D eigenvalue weighted by Gasteiger charge is -2.32. The summed E-state index contributed by atoms with van der Waals surface area (Å²) in [6.07, 6.45) is 6.81. The van der Waals surface area contributed by atoms with Gasteiger partial charge in [0.1, 0.15) is 0 Å². The van der Waals surface area contributed by atoms with Gasteiger partial charge in [-0.1, -0.05) is 6.07 Å². The standard InChI is InChI=1S/C17H22N2O/c1-12-7-14(8-13(2)20-12)10-19-17-4-3-16-11-18-6-5-15(16)9-17/h3-6,9,11-14,19H,7-8,10H2,1-2H3/t12-,13+,14?. The summed E-state index contributed by atoms with van der Waals surface area (Å²) >= 11 is 0. The third kappa shape index (κ3) is 3.10. The molecular formula is C17H22N2O. The average molecular weight is 270 g/mol. The molecule has 3 heteroatoms. The number of nitrogens with zero attached hydrogens (tertiary/aromatic N) is 1. The van der Waals surface area contributed by atoms with Crippen LogP contribution in [-0.4, -0.2) is 23.7 Å². The van der Waals surface area contributed by atoms with E-state index in [0.29, 0.717) is 18.1 Å². The molecule has 1 fully saturated rings. The fraction of sp³-hybridized carbons (Fsp3) is 0.471. The molecule has 2 aromatic rings. The Bertz CT molecular complexity index is 574. The van der Waals surface area contributed by atoms with Crippen LogP contribution in [0, 0.1) is 5.92 Å². The van der Waals surface area contributed by atoms with Crippen molar-refractivity contribution in [2.75, 3.05) is 11.9 Å². The van der Waals surface area contributed by atoms with Crippen LogP contribution in [0.25, 0.3) is 10.8 Å². The molecule has 1 aliphatic heterocycles. The van der Waals surface area contributed by atoms with Crippen LogP contribution in [0.15, 0.2) is 36.7 Å². The first-order chi connectivity index (χ1) is 9.70. The van der Waals surface area contributed by atoms with Gasteiger partial charge in [0.15, 0.2) is 0 Å². The predicted molar refractivity (Wildman–Crippen MR) is 83.0 cm³/mol. The molecule has 0 bridgehead atoms. The van der Waals surface area contributed by atoms with Gasteiger partial charge in [-0.2, -0.15) is 0 Å². The lowest BCUT2D eigenvalue weighted by Crippen LogP contribution is -2.32. The summed E-state index contributed by atoms with van der Waals surface area (Å²) in [5.74, 6) is 0.696. The van der Waals surface area contributed by atoms with Crippen LogP contribution >= 0.6 is 0 Å². The number of anilines is 1. The van der Waals surface area contributed by atoms with Gasteiger partial charge in [-0.05, 0) is 56.2 Å². The van der Waals surface area contributed by atoms with Crippen molar-refractivity contribution in [1.29, 1.82) is 0 Å². The first kappa shape index (κ1) is 13.4. The van der Waals surface area contributed by atoms with E-state index in [-0.39, 0.29) is 0 Å². The maximum absolute atomic E-state index is 5.79. The number of nitrogens with one attached hydrogen (secondary N) is 1. The quantitative estimate of drug-likeness (QED) is 0.920. The van der Waals surface area contributed by atoms with Crippen molar-refractivity contribution in [1.82, 2.24) is 4.98 Å². The summed E-state index contributed by atoms with van der Waals surface area (Å²) in [6, 6.07) is 8.51. The fourth-order valence-corrected chi connectivity index (χ4v) is 3.16. The van der Waals surface area contributed by atoms with Gasteiger partial charge in [0, 0.05) is 30.0 Å². The highest BCUT2D eigenvalue weighted by Crippen LogP contribution is 2.25. The van der Waals surface area contributed by atoms with Gasteiger partial charge in [0.2, 0.25) is 0 Å². The molecule has 1 N–H and O–H groups in total. The minimum atomic E-state index is 0.383. The number of ether oxygens (including phenoxy) is 1. The average Bonchev–Trinajstić information content (AvgIpc) is 2.44. The molecular weight excluding hydrogens is 248 g/mol. The molecule has 106 valence electrons. The third-order valence-electron chi connectivity index (χ3n) is 4.03. The molecule has 3 rings (SSSR count).